The molecule has 0 radical (unpaired) electrons. The Kier molecular flexibility index (Phi) is 4.44. The molecule has 1 aromatic carbocycles. The molecule has 1 unspecified atom stereocenters. The molecule has 1 heterocycles. The molecule has 1 aliphatic rings. The molecule has 2 rings (SSSR count). The van der Waals surface area contributed by atoms with E-state index in [0.717, 1.165) is 5.56 Å². The van der Waals surface area contributed by atoms with Crippen LogP contribution in [0, 0.1) is 0 Å². The first-order valence-electron chi connectivity index (χ1n) is 5.96. The Morgan fingerprint density at radius 1 is 1.53 bits per heavy atom. The van der Waals surface area contributed by atoms with Gasteiger partial charge in [-0.05, 0) is 12.5 Å². The molecule has 19 heavy (non-hydrogen) atoms. The third kappa shape index (κ3) is 2.91. The van der Waals surface area contributed by atoms with Crippen LogP contribution in [0.15, 0.2) is 30.3 Å². The Labute approximate surface area is 121 Å². The third-order valence-electron chi connectivity index (χ3n) is 2.85. The molecule has 0 aromatic heterocycles. The molecule has 6 heteroatoms. The van der Waals surface area contributed by atoms with Crippen LogP contribution in [-0.2, 0) is 16.1 Å². The zero-order valence-corrected chi connectivity index (χ0v) is 12.2. The second kappa shape index (κ2) is 5.90. The van der Waals surface area contributed by atoms with Crippen LogP contribution in [0.5, 0.6) is 0 Å². The Balaban J connectivity index is 2.20. The highest BCUT2D eigenvalue weighted by Crippen LogP contribution is 2.33. The van der Waals surface area contributed by atoms with Crippen LogP contribution in [0.25, 0.3) is 0 Å². The number of esters is 1. The SMILES string of the molecule is CCOC(=O)C1(O)CSC(=S)N1Cc1ccccc1. The van der Waals surface area contributed by atoms with E-state index in [1.807, 2.05) is 30.3 Å². The van der Waals surface area contributed by atoms with E-state index in [1.54, 1.807) is 6.92 Å². The summed E-state index contributed by atoms with van der Waals surface area (Å²) < 4.78 is 5.45. The topological polar surface area (TPSA) is 49.8 Å². The van der Waals surface area contributed by atoms with Gasteiger partial charge in [0, 0.05) is 6.54 Å². The summed E-state index contributed by atoms with van der Waals surface area (Å²) in [6.07, 6.45) is 0. The van der Waals surface area contributed by atoms with Crippen molar-refractivity contribution in [2.75, 3.05) is 12.4 Å². The van der Waals surface area contributed by atoms with Crippen LogP contribution >= 0.6 is 24.0 Å². The first-order valence-corrected chi connectivity index (χ1v) is 7.35. The van der Waals surface area contributed by atoms with E-state index in [2.05, 4.69) is 0 Å². The lowest BCUT2D eigenvalue weighted by atomic mass is 10.1. The molecule has 0 amide bonds. The molecule has 1 saturated heterocycles. The smallest absolute Gasteiger partial charge is 0.360 e. The van der Waals surface area contributed by atoms with E-state index < -0.39 is 11.7 Å². The van der Waals surface area contributed by atoms with Crippen molar-refractivity contribution in [2.24, 2.45) is 0 Å². The lowest BCUT2D eigenvalue weighted by molar-refractivity contribution is -0.175. The molecule has 1 fully saturated rings. The van der Waals surface area contributed by atoms with Gasteiger partial charge in [0.1, 0.15) is 4.32 Å². The van der Waals surface area contributed by atoms with Crippen molar-refractivity contribution in [3.05, 3.63) is 35.9 Å². The van der Waals surface area contributed by atoms with Gasteiger partial charge in [0.25, 0.3) is 0 Å². The number of aliphatic hydroxyl groups is 1. The number of thioether (sulfide) groups is 1. The molecule has 0 spiro atoms. The number of carbonyl (C=O) groups excluding carboxylic acids is 1. The Hall–Kier alpha value is -1.11. The summed E-state index contributed by atoms with van der Waals surface area (Å²) in [4.78, 5) is 13.5. The van der Waals surface area contributed by atoms with Crippen molar-refractivity contribution in [3.8, 4) is 0 Å². The van der Waals surface area contributed by atoms with E-state index in [-0.39, 0.29) is 12.4 Å². The average molecular weight is 297 g/mol. The maximum absolute atomic E-state index is 11.9. The Morgan fingerprint density at radius 3 is 2.84 bits per heavy atom. The lowest BCUT2D eigenvalue weighted by Gasteiger charge is -2.31. The minimum Gasteiger partial charge on any atom is -0.462 e. The molecule has 0 saturated carbocycles. The minimum absolute atomic E-state index is 0.206. The van der Waals surface area contributed by atoms with E-state index in [1.165, 1.54) is 16.7 Å². The van der Waals surface area contributed by atoms with E-state index >= 15 is 0 Å². The van der Waals surface area contributed by atoms with Gasteiger partial charge in [0.2, 0.25) is 5.72 Å². The minimum atomic E-state index is -1.66. The van der Waals surface area contributed by atoms with Gasteiger partial charge in [0.05, 0.1) is 12.4 Å². The first kappa shape index (κ1) is 14.3. The molecule has 0 aliphatic carbocycles. The van der Waals surface area contributed by atoms with Crippen LogP contribution in [0.4, 0.5) is 0 Å². The number of ether oxygens (including phenoxy) is 1. The van der Waals surface area contributed by atoms with Crippen molar-refractivity contribution in [3.63, 3.8) is 0 Å². The predicted octanol–water partition coefficient (Wildman–Crippen LogP) is 1.77. The standard InChI is InChI=1S/C13H15NO3S2/c1-2-17-11(15)13(16)9-19-12(18)14(13)8-10-6-4-3-5-7-10/h3-7,16H,2,8-9H2,1H3. The fourth-order valence-corrected chi connectivity index (χ4v) is 3.21. The van der Waals surface area contributed by atoms with Crippen molar-refractivity contribution in [1.29, 1.82) is 0 Å². The maximum atomic E-state index is 11.9. The fourth-order valence-electron chi connectivity index (χ4n) is 1.85. The lowest BCUT2D eigenvalue weighted by Crippen LogP contribution is -2.53. The largest absolute Gasteiger partial charge is 0.462 e. The van der Waals surface area contributed by atoms with Gasteiger partial charge in [-0.3, -0.25) is 0 Å². The molecular weight excluding hydrogens is 282 g/mol. The van der Waals surface area contributed by atoms with E-state index in [9.17, 15) is 9.90 Å². The molecule has 0 bridgehead atoms. The van der Waals surface area contributed by atoms with Crippen LogP contribution < -0.4 is 0 Å². The van der Waals surface area contributed by atoms with Crippen LogP contribution in [0.1, 0.15) is 12.5 Å². The highest BCUT2D eigenvalue weighted by Gasteiger charge is 2.50. The number of nitrogens with zero attached hydrogens (tertiary/aromatic N) is 1. The average Bonchev–Trinajstić information content (AvgIpc) is 2.70. The molecule has 1 atom stereocenters. The summed E-state index contributed by atoms with van der Waals surface area (Å²) in [6.45, 7) is 2.34. The zero-order valence-electron chi connectivity index (χ0n) is 10.5. The summed E-state index contributed by atoms with van der Waals surface area (Å²) in [5, 5.41) is 10.5. The molecule has 102 valence electrons. The van der Waals surface area contributed by atoms with Crippen molar-refractivity contribution in [1.82, 2.24) is 4.90 Å². The van der Waals surface area contributed by atoms with Crippen LogP contribution in [-0.4, -0.2) is 38.4 Å². The molecule has 4 nitrogen and oxygen atoms in total. The normalized spacial score (nSPS) is 22.6. The van der Waals surface area contributed by atoms with Crippen molar-refractivity contribution >= 4 is 34.3 Å². The number of hydrogen-bond acceptors (Lipinski definition) is 5. The van der Waals surface area contributed by atoms with Crippen molar-refractivity contribution < 1.29 is 14.6 Å². The molecule has 1 aromatic rings. The number of benzene rings is 1. The van der Waals surface area contributed by atoms with Gasteiger partial charge in [-0.1, -0.05) is 54.3 Å². The van der Waals surface area contributed by atoms with Crippen molar-refractivity contribution in [2.45, 2.75) is 19.2 Å². The van der Waals surface area contributed by atoms with Gasteiger partial charge in [-0.25, -0.2) is 4.79 Å². The second-order valence-electron chi connectivity index (χ2n) is 4.16. The quantitative estimate of drug-likeness (QED) is 0.675. The van der Waals surface area contributed by atoms with Crippen LogP contribution in [0.2, 0.25) is 0 Å². The van der Waals surface area contributed by atoms with Gasteiger partial charge in [0.15, 0.2) is 0 Å². The fraction of sp³-hybridized carbons (Fsp3) is 0.385. The maximum Gasteiger partial charge on any atom is 0.360 e. The van der Waals surface area contributed by atoms with Gasteiger partial charge in [-0.15, -0.1) is 0 Å². The van der Waals surface area contributed by atoms with E-state index in [0.29, 0.717) is 10.9 Å². The monoisotopic (exact) mass is 297 g/mol. The Bertz CT molecular complexity index is 480. The molecular formula is C13H15NO3S2. The summed E-state index contributed by atoms with van der Waals surface area (Å²) in [5.74, 6) is -0.435. The third-order valence-corrected chi connectivity index (χ3v) is 4.44. The van der Waals surface area contributed by atoms with Gasteiger partial charge >= 0.3 is 5.97 Å². The predicted molar refractivity (Wildman–Crippen MR) is 78.6 cm³/mol. The number of hydrogen-bond donors (Lipinski definition) is 1. The Morgan fingerprint density at radius 2 is 2.21 bits per heavy atom. The summed E-state index contributed by atoms with van der Waals surface area (Å²) in [5.41, 5.74) is -0.678. The summed E-state index contributed by atoms with van der Waals surface area (Å²) >= 11 is 6.51. The summed E-state index contributed by atoms with van der Waals surface area (Å²) in [7, 11) is 0. The van der Waals surface area contributed by atoms with E-state index in [4.69, 9.17) is 17.0 Å². The first-order chi connectivity index (χ1) is 9.08. The number of rotatable bonds is 4. The van der Waals surface area contributed by atoms with Gasteiger partial charge in [-0.2, -0.15) is 0 Å². The highest BCUT2D eigenvalue weighted by molar-refractivity contribution is 8.23. The zero-order chi connectivity index (χ0) is 13.9. The molecule has 1 aliphatic heterocycles. The number of carbonyl (C=O) groups is 1. The molecule has 1 N–H and O–H groups in total. The van der Waals surface area contributed by atoms with Gasteiger partial charge < -0.3 is 14.7 Å². The highest BCUT2D eigenvalue weighted by atomic mass is 32.2. The van der Waals surface area contributed by atoms with Crippen LogP contribution in [0.3, 0.4) is 0 Å². The second-order valence-corrected chi connectivity index (χ2v) is 5.77. The number of thiocarbonyl (C=S) groups is 1. The summed E-state index contributed by atoms with van der Waals surface area (Å²) in [6, 6.07) is 9.59.